The number of nitrogens with zero attached hydrogens (tertiary/aromatic N) is 4. The Balaban J connectivity index is 1.65. The van der Waals surface area contributed by atoms with Crippen LogP contribution in [0.25, 0.3) is 0 Å². The normalized spacial score (nSPS) is 23.6. The molecule has 0 spiro atoms. The fourth-order valence-electron chi connectivity index (χ4n) is 8.58. The largest absolute Gasteiger partial charge is 0.468 e. The molecule has 76 heavy (non-hydrogen) atoms. The number of nitro benzene ring substituents is 1. The van der Waals surface area contributed by atoms with Gasteiger partial charge in [-0.15, -0.1) is 0 Å². The van der Waals surface area contributed by atoms with E-state index in [1.165, 1.54) is 12.1 Å². The lowest BCUT2D eigenvalue weighted by atomic mass is 9.83. The smallest absolute Gasteiger partial charge is 0.410 e. The molecule has 25 nitrogen and oxygen atoms in total. The number of benzene rings is 1. The first-order valence-electron chi connectivity index (χ1n) is 25.8. The standard InChI is InChI=1S/C50H83N7O18S/c1-12-37(59)44(69-28-27-58)72-43-34(52-39(60)20-16-23-51-45(62)73-48(2,3)4)29-35(53-46(63)74-49(5,6)7)42(41(43)61)71-40-21-15-17-33(70-40)31-56(76(67,68)38-19-14-13-18-36(38)57(65)66)24-22-32-30-55(26-25-54(32)11)47(64)75-50(8,9)10/h13-14,17-19,32,34-35,37,40-44,58-59,61H,12,15-16,20-31H2,1-11H3,(H,51,62)(H,52,60)(H,53,63)/t32?,34-,35+,37-,40-,41+,42-,43+,44-/m1/s1. The summed E-state index contributed by atoms with van der Waals surface area (Å²) in [7, 11) is -2.77. The number of nitro groups is 1. The van der Waals surface area contributed by atoms with Crippen LogP contribution in [0, 0.1) is 10.1 Å². The Kier molecular flexibility index (Phi) is 23.5. The minimum absolute atomic E-state index is 0.0915. The molecular formula is C50H83N7O18S. The van der Waals surface area contributed by atoms with Gasteiger partial charge >= 0.3 is 18.3 Å². The Bertz CT molecular complexity index is 2240. The van der Waals surface area contributed by atoms with Crippen LogP contribution in [-0.2, 0) is 48.0 Å². The SMILES string of the molecule is CC[C@@H](O)[C@H](OCCO)O[C@@H]1[C@@H](O)[C@H](O[C@@H]2CCC=C(CN(CCC3CN(C(=O)OC(C)(C)C)CCN3C)S(=O)(=O)c3ccccc3[N+](=O)[O-])O2)[C@@H](NC(=O)OC(C)(C)C)C[C@H]1NC(=O)CCCNC(=O)OC(C)(C)C. The third-order valence-corrected chi connectivity index (χ3v) is 14.1. The first-order chi connectivity index (χ1) is 35.4. The molecule has 2 heterocycles. The molecule has 1 unspecified atom stereocenters. The van der Waals surface area contributed by atoms with E-state index in [1.54, 1.807) is 80.2 Å². The topological polar surface area (TPSA) is 317 Å². The van der Waals surface area contributed by atoms with E-state index in [9.17, 15) is 53.0 Å². The summed E-state index contributed by atoms with van der Waals surface area (Å²) in [4.78, 5) is 66.8. The fraction of sp³-hybridized carbons (Fsp3) is 0.760. The Morgan fingerprint density at radius 2 is 1.59 bits per heavy atom. The van der Waals surface area contributed by atoms with Crippen molar-refractivity contribution in [3.8, 4) is 0 Å². The number of carbonyl (C=O) groups is 4. The number of aliphatic hydroxyl groups is 3. The van der Waals surface area contributed by atoms with Crippen molar-refractivity contribution in [1.82, 2.24) is 30.1 Å². The number of rotatable bonds is 23. The number of nitrogens with one attached hydrogen (secondary N) is 3. The number of amides is 4. The van der Waals surface area contributed by atoms with Crippen LogP contribution in [0.15, 0.2) is 41.0 Å². The van der Waals surface area contributed by atoms with Crippen LogP contribution in [0.3, 0.4) is 0 Å². The molecule has 0 radical (unpaired) electrons. The Morgan fingerprint density at radius 1 is 0.947 bits per heavy atom. The molecule has 3 aliphatic rings. The second kappa shape index (κ2) is 28.1. The average Bonchev–Trinajstić information content (AvgIpc) is 3.31. The second-order valence-electron chi connectivity index (χ2n) is 22.0. The number of piperazine rings is 1. The van der Waals surface area contributed by atoms with Gasteiger partial charge in [0, 0.05) is 57.7 Å². The molecule has 2 aliphatic heterocycles. The maximum atomic E-state index is 14.6. The lowest BCUT2D eigenvalue weighted by molar-refractivity contribution is -0.387. The molecule has 26 heteroatoms. The van der Waals surface area contributed by atoms with Crippen LogP contribution in [0.1, 0.15) is 114 Å². The molecule has 1 saturated carbocycles. The van der Waals surface area contributed by atoms with E-state index < -0.39 is 129 Å². The van der Waals surface area contributed by atoms with Crippen molar-refractivity contribution in [2.24, 2.45) is 0 Å². The number of para-hydroxylation sites is 1. The highest BCUT2D eigenvalue weighted by Crippen LogP contribution is 2.33. The Labute approximate surface area is 446 Å². The number of likely N-dealkylation sites (N-methyl/N-ethyl adjacent to an activating group) is 1. The molecule has 6 N–H and O–H groups in total. The number of alkyl carbamates (subject to hydrolysis) is 2. The molecule has 4 rings (SSSR count). The van der Waals surface area contributed by atoms with Crippen molar-refractivity contribution < 1.29 is 81.0 Å². The van der Waals surface area contributed by atoms with Gasteiger partial charge in [0.05, 0.1) is 36.8 Å². The quantitative estimate of drug-likeness (QED) is 0.0298. The number of aliphatic hydroxyl groups excluding tert-OH is 3. The average molecular weight is 1100 g/mol. The van der Waals surface area contributed by atoms with E-state index in [0.29, 0.717) is 13.1 Å². The van der Waals surface area contributed by atoms with Crippen LogP contribution >= 0.6 is 0 Å². The Hall–Kier alpha value is -4.93. The first kappa shape index (κ1) is 63.6. The van der Waals surface area contributed by atoms with Crippen molar-refractivity contribution in [2.45, 2.75) is 191 Å². The molecule has 0 bridgehead atoms. The van der Waals surface area contributed by atoms with E-state index in [2.05, 4.69) is 16.0 Å². The van der Waals surface area contributed by atoms with Gasteiger partial charge in [0.1, 0.15) is 47.0 Å². The number of hydrogen-bond acceptors (Lipinski definition) is 19. The predicted octanol–water partition coefficient (Wildman–Crippen LogP) is 3.87. The summed E-state index contributed by atoms with van der Waals surface area (Å²) >= 11 is 0. The van der Waals surface area contributed by atoms with Gasteiger partial charge in [0.25, 0.3) is 5.69 Å². The number of ether oxygens (including phenoxy) is 7. The maximum absolute atomic E-state index is 14.6. The number of allylic oxidation sites excluding steroid dienone is 1. The zero-order valence-electron chi connectivity index (χ0n) is 45.9. The van der Waals surface area contributed by atoms with Crippen LogP contribution in [-0.4, -0.2) is 198 Å². The van der Waals surface area contributed by atoms with Gasteiger partial charge in [0.2, 0.25) is 15.9 Å². The van der Waals surface area contributed by atoms with Crippen molar-refractivity contribution in [3.05, 3.63) is 46.2 Å². The number of hydrogen-bond donors (Lipinski definition) is 6. The molecule has 0 aromatic heterocycles. The third kappa shape index (κ3) is 20.1. The van der Waals surface area contributed by atoms with Gasteiger partial charge in [-0.25, -0.2) is 22.8 Å². The molecule has 1 saturated heterocycles. The maximum Gasteiger partial charge on any atom is 0.410 e. The summed E-state index contributed by atoms with van der Waals surface area (Å²) in [6.07, 6.45) is -8.15. The summed E-state index contributed by atoms with van der Waals surface area (Å²) in [5.74, 6) is -0.410. The predicted molar refractivity (Wildman–Crippen MR) is 275 cm³/mol. The van der Waals surface area contributed by atoms with Gasteiger partial charge in [-0.05, 0) is 114 Å². The van der Waals surface area contributed by atoms with Crippen LogP contribution < -0.4 is 16.0 Å². The summed E-state index contributed by atoms with van der Waals surface area (Å²) in [6.45, 7) is 16.9. The summed E-state index contributed by atoms with van der Waals surface area (Å²) < 4.78 is 71.6. The number of sulfonamides is 1. The van der Waals surface area contributed by atoms with E-state index in [4.69, 9.17) is 33.2 Å². The van der Waals surface area contributed by atoms with Crippen molar-refractivity contribution >= 4 is 39.9 Å². The van der Waals surface area contributed by atoms with Gasteiger partial charge in [-0.1, -0.05) is 19.1 Å². The summed E-state index contributed by atoms with van der Waals surface area (Å²) in [5, 5.41) is 53.4. The van der Waals surface area contributed by atoms with Gasteiger partial charge in [-0.2, -0.15) is 4.31 Å². The van der Waals surface area contributed by atoms with E-state index in [0.717, 1.165) is 16.4 Å². The molecule has 2 fully saturated rings. The van der Waals surface area contributed by atoms with E-state index in [1.807, 2.05) is 11.9 Å². The van der Waals surface area contributed by atoms with Gasteiger partial charge < -0.3 is 69.3 Å². The highest BCUT2D eigenvalue weighted by Gasteiger charge is 2.50. The summed E-state index contributed by atoms with van der Waals surface area (Å²) in [5.41, 5.74) is -3.08. The van der Waals surface area contributed by atoms with Crippen LogP contribution in [0.2, 0.25) is 0 Å². The Morgan fingerprint density at radius 3 is 2.22 bits per heavy atom. The molecule has 1 aliphatic carbocycles. The number of carbonyl (C=O) groups excluding carboxylic acids is 4. The highest BCUT2D eigenvalue weighted by molar-refractivity contribution is 7.89. The molecule has 1 aromatic rings. The lowest BCUT2D eigenvalue weighted by Gasteiger charge is -2.46. The minimum Gasteiger partial charge on any atom is -0.468 e. The first-order valence-corrected chi connectivity index (χ1v) is 27.3. The molecule has 4 amide bonds. The third-order valence-electron chi connectivity index (χ3n) is 12.2. The minimum atomic E-state index is -4.63. The molecule has 1 aromatic carbocycles. The van der Waals surface area contributed by atoms with Gasteiger partial charge in [0.15, 0.2) is 17.5 Å². The summed E-state index contributed by atoms with van der Waals surface area (Å²) in [6, 6.07) is 2.43. The zero-order chi connectivity index (χ0) is 56.8. The lowest BCUT2D eigenvalue weighted by Crippen LogP contribution is -2.67. The van der Waals surface area contributed by atoms with E-state index in [-0.39, 0.29) is 83.0 Å². The molecule has 9 atom stereocenters. The van der Waals surface area contributed by atoms with Crippen LogP contribution in [0.4, 0.5) is 20.1 Å². The second-order valence-corrected chi connectivity index (χ2v) is 23.9. The molecular weight excluding hydrogens is 1020 g/mol. The van der Waals surface area contributed by atoms with E-state index >= 15 is 0 Å². The highest BCUT2D eigenvalue weighted by atomic mass is 32.2. The zero-order valence-corrected chi connectivity index (χ0v) is 46.7. The molecule has 432 valence electrons. The fourth-order valence-corrected chi connectivity index (χ4v) is 10.2. The van der Waals surface area contributed by atoms with Crippen molar-refractivity contribution in [3.63, 3.8) is 0 Å². The van der Waals surface area contributed by atoms with Crippen LogP contribution in [0.5, 0.6) is 0 Å². The van der Waals surface area contributed by atoms with Crippen molar-refractivity contribution in [1.29, 1.82) is 0 Å². The van der Waals surface area contributed by atoms with Crippen molar-refractivity contribution in [2.75, 3.05) is 59.5 Å². The van der Waals surface area contributed by atoms with Gasteiger partial charge in [-0.3, -0.25) is 19.8 Å². The monoisotopic (exact) mass is 1100 g/mol.